The molecule has 1 heterocycles. The molecular formula is C8H16N4OS. The fourth-order valence-corrected chi connectivity index (χ4v) is 1.47. The third kappa shape index (κ3) is 2.33. The van der Waals surface area contributed by atoms with Gasteiger partial charge in [-0.05, 0) is 19.1 Å². The molecule has 6 heteroatoms. The molecule has 0 aliphatic heterocycles. The van der Waals surface area contributed by atoms with Gasteiger partial charge in [-0.2, -0.15) is 0 Å². The van der Waals surface area contributed by atoms with Gasteiger partial charge in [-0.1, -0.05) is 0 Å². The van der Waals surface area contributed by atoms with Crippen LogP contribution in [0.1, 0.15) is 6.92 Å². The smallest absolute Gasteiger partial charge is 0.225 e. The van der Waals surface area contributed by atoms with Gasteiger partial charge in [0, 0.05) is 27.2 Å². The minimum absolute atomic E-state index is 0.659. The maximum Gasteiger partial charge on any atom is 0.225 e. The second-order valence-electron chi connectivity index (χ2n) is 2.99. The van der Waals surface area contributed by atoms with Crippen molar-refractivity contribution in [1.29, 1.82) is 0 Å². The first kappa shape index (κ1) is 11.2. The number of nitrogens with zero attached hydrogens (tertiary/aromatic N) is 3. The lowest BCUT2D eigenvalue weighted by Crippen LogP contribution is -2.25. The average Bonchev–Trinajstić information content (AvgIpc) is 2.55. The highest BCUT2D eigenvalue weighted by molar-refractivity contribution is 7.71. The highest BCUT2D eigenvalue weighted by Gasteiger charge is 2.08. The first-order valence-corrected chi connectivity index (χ1v) is 4.96. The van der Waals surface area contributed by atoms with E-state index in [-0.39, 0.29) is 0 Å². The Bertz CT molecular complexity index is 332. The fourth-order valence-electron chi connectivity index (χ4n) is 1.21. The summed E-state index contributed by atoms with van der Waals surface area (Å²) in [5, 5.41) is 6.93. The second kappa shape index (κ2) is 5.11. The molecule has 0 aromatic carbocycles. The Morgan fingerprint density at radius 2 is 2.36 bits per heavy atom. The van der Waals surface area contributed by atoms with Crippen molar-refractivity contribution in [3.05, 3.63) is 4.77 Å². The highest BCUT2D eigenvalue weighted by atomic mass is 32.1. The Labute approximate surface area is 88.7 Å². The molecule has 1 aromatic rings. The number of H-pyrrole nitrogens is 1. The molecule has 0 fully saturated rings. The van der Waals surface area contributed by atoms with Crippen LogP contribution in [0.4, 0.5) is 5.95 Å². The summed E-state index contributed by atoms with van der Waals surface area (Å²) in [6.07, 6.45) is 0. The van der Waals surface area contributed by atoms with Crippen molar-refractivity contribution in [2.45, 2.75) is 13.5 Å². The molecule has 80 valence electrons. The number of aromatic nitrogens is 3. The lowest BCUT2D eigenvalue weighted by atomic mass is 10.6. The van der Waals surface area contributed by atoms with Gasteiger partial charge in [0.1, 0.15) is 0 Å². The first-order chi connectivity index (χ1) is 6.70. The molecule has 1 N–H and O–H groups in total. The monoisotopic (exact) mass is 216 g/mol. The number of ether oxygens (including phenoxy) is 1. The second-order valence-corrected chi connectivity index (χ2v) is 3.37. The summed E-state index contributed by atoms with van der Waals surface area (Å²) < 4.78 is 7.61. The first-order valence-electron chi connectivity index (χ1n) is 4.56. The van der Waals surface area contributed by atoms with Gasteiger partial charge in [0.15, 0.2) is 4.77 Å². The van der Waals surface area contributed by atoms with Crippen molar-refractivity contribution in [2.75, 3.05) is 32.2 Å². The van der Waals surface area contributed by atoms with E-state index in [0.717, 1.165) is 19.0 Å². The van der Waals surface area contributed by atoms with Crippen molar-refractivity contribution in [3.8, 4) is 0 Å². The molecule has 0 aliphatic carbocycles. The maximum absolute atomic E-state index is 5.09. The van der Waals surface area contributed by atoms with E-state index in [1.54, 1.807) is 7.11 Å². The third-order valence-electron chi connectivity index (χ3n) is 2.03. The lowest BCUT2D eigenvalue weighted by Gasteiger charge is -2.17. The van der Waals surface area contributed by atoms with E-state index < -0.39 is 0 Å². The van der Waals surface area contributed by atoms with Crippen LogP contribution in [0.25, 0.3) is 0 Å². The summed E-state index contributed by atoms with van der Waals surface area (Å²) in [7, 11) is 3.65. The molecule has 0 amide bonds. The fraction of sp³-hybridized carbons (Fsp3) is 0.750. The van der Waals surface area contributed by atoms with Crippen LogP contribution in [0.15, 0.2) is 0 Å². The number of hydrogen-bond acceptors (Lipinski definition) is 4. The SMILES string of the molecule is CCn1c(N(C)CCOC)n[nH]c1=S. The summed E-state index contributed by atoms with van der Waals surface area (Å²) in [6, 6.07) is 0. The van der Waals surface area contributed by atoms with Gasteiger partial charge in [-0.3, -0.25) is 4.57 Å². The number of methoxy groups -OCH3 is 1. The quantitative estimate of drug-likeness (QED) is 0.747. The zero-order valence-corrected chi connectivity index (χ0v) is 9.60. The predicted octanol–water partition coefficient (Wildman–Crippen LogP) is 1.04. The molecule has 0 spiro atoms. The molecule has 1 aromatic heterocycles. The van der Waals surface area contributed by atoms with Crippen LogP contribution in [-0.2, 0) is 11.3 Å². The van der Waals surface area contributed by atoms with Gasteiger partial charge in [0.05, 0.1) is 6.61 Å². The number of anilines is 1. The van der Waals surface area contributed by atoms with Gasteiger partial charge < -0.3 is 9.64 Å². The van der Waals surface area contributed by atoms with Crippen molar-refractivity contribution < 1.29 is 4.74 Å². The van der Waals surface area contributed by atoms with Gasteiger partial charge in [0.2, 0.25) is 5.95 Å². The Balaban J connectivity index is 2.78. The van der Waals surface area contributed by atoms with Crippen LogP contribution >= 0.6 is 12.2 Å². The Hall–Kier alpha value is -0.880. The molecule has 0 unspecified atom stereocenters. The van der Waals surface area contributed by atoms with E-state index in [4.69, 9.17) is 17.0 Å². The summed E-state index contributed by atoms with van der Waals surface area (Å²) >= 11 is 5.09. The molecule has 0 aliphatic rings. The summed E-state index contributed by atoms with van der Waals surface area (Å²) in [4.78, 5) is 2.01. The number of hydrogen-bond donors (Lipinski definition) is 1. The zero-order chi connectivity index (χ0) is 10.6. The van der Waals surface area contributed by atoms with Crippen LogP contribution in [0.5, 0.6) is 0 Å². The normalized spacial score (nSPS) is 10.5. The standard InChI is InChI=1S/C8H16N4OS/c1-4-12-7(9-10-8(12)14)11(2)5-6-13-3/h4-6H2,1-3H3,(H,10,14). The van der Waals surface area contributed by atoms with Gasteiger partial charge in [0.25, 0.3) is 0 Å². The molecule has 0 bridgehead atoms. The number of aromatic amines is 1. The minimum atomic E-state index is 0.659. The lowest BCUT2D eigenvalue weighted by molar-refractivity contribution is 0.206. The molecule has 0 saturated carbocycles. The topological polar surface area (TPSA) is 46.1 Å². The van der Waals surface area contributed by atoms with Crippen molar-refractivity contribution >= 4 is 18.2 Å². The Morgan fingerprint density at radius 1 is 1.64 bits per heavy atom. The largest absolute Gasteiger partial charge is 0.383 e. The summed E-state index contributed by atoms with van der Waals surface area (Å²) in [5.41, 5.74) is 0. The van der Waals surface area contributed by atoms with Gasteiger partial charge in [-0.15, -0.1) is 5.10 Å². The predicted molar refractivity (Wildman–Crippen MR) is 58.2 cm³/mol. The summed E-state index contributed by atoms with van der Waals surface area (Å²) in [5.74, 6) is 0.856. The average molecular weight is 216 g/mol. The zero-order valence-electron chi connectivity index (χ0n) is 8.78. The molecule has 1 rings (SSSR count). The van der Waals surface area contributed by atoms with E-state index in [2.05, 4.69) is 10.2 Å². The van der Waals surface area contributed by atoms with E-state index in [9.17, 15) is 0 Å². The summed E-state index contributed by atoms with van der Waals surface area (Å²) in [6.45, 7) is 4.34. The van der Waals surface area contributed by atoms with Crippen LogP contribution in [0, 0.1) is 4.77 Å². The van der Waals surface area contributed by atoms with Crippen LogP contribution in [0.2, 0.25) is 0 Å². The Kier molecular flexibility index (Phi) is 4.09. The number of nitrogens with one attached hydrogen (secondary N) is 1. The molecule has 0 saturated heterocycles. The van der Waals surface area contributed by atoms with Crippen molar-refractivity contribution in [1.82, 2.24) is 14.8 Å². The van der Waals surface area contributed by atoms with E-state index in [0.29, 0.717) is 11.4 Å². The van der Waals surface area contributed by atoms with Crippen LogP contribution < -0.4 is 4.90 Å². The van der Waals surface area contributed by atoms with E-state index in [1.165, 1.54) is 0 Å². The third-order valence-corrected chi connectivity index (χ3v) is 2.34. The van der Waals surface area contributed by atoms with E-state index >= 15 is 0 Å². The van der Waals surface area contributed by atoms with Crippen LogP contribution in [0.3, 0.4) is 0 Å². The van der Waals surface area contributed by atoms with Crippen LogP contribution in [-0.4, -0.2) is 42.1 Å². The van der Waals surface area contributed by atoms with Gasteiger partial charge in [-0.25, -0.2) is 5.10 Å². The Morgan fingerprint density at radius 3 is 2.93 bits per heavy atom. The van der Waals surface area contributed by atoms with Crippen molar-refractivity contribution in [3.63, 3.8) is 0 Å². The molecule has 14 heavy (non-hydrogen) atoms. The highest BCUT2D eigenvalue weighted by Crippen LogP contribution is 2.08. The van der Waals surface area contributed by atoms with E-state index in [1.807, 2.05) is 23.4 Å². The van der Waals surface area contributed by atoms with Gasteiger partial charge >= 0.3 is 0 Å². The molecule has 5 nitrogen and oxygen atoms in total. The molecular weight excluding hydrogens is 200 g/mol. The molecule has 0 radical (unpaired) electrons. The number of likely N-dealkylation sites (N-methyl/N-ethyl adjacent to an activating group) is 1. The van der Waals surface area contributed by atoms with Crippen molar-refractivity contribution in [2.24, 2.45) is 0 Å². The maximum atomic E-state index is 5.09. The molecule has 0 atom stereocenters. The minimum Gasteiger partial charge on any atom is -0.383 e. The number of rotatable bonds is 5.